The predicted octanol–water partition coefficient (Wildman–Crippen LogP) is 4.03. The molecule has 150 valence electrons. The van der Waals surface area contributed by atoms with Crippen molar-refractivity contribution in [1.29, 1.82) is 0 Å². The Bertz CT molecular complexity index is 1100. The van der Waals surface area contributed by atoms with E-state index in [0.29, 0.717) is 0 Å². The van der Waals surface area contributed by atoms with Gasteiger partial charge in [-0.05, 0) is 56.7 Å². The van der Waals surface area contributed by atoms with Crippen molar-refractivity contribution in [3.63, 3.8) is 0 Å². The molecule has 29 heavy (non-hydrogen) atoms. The molecule has 0 atom stereocenters. The second kappa shape index (κ2) is 7.50. The SMILES string of the molecule is Cc1ccnc(NC(=O)C(=O)c2c(C)nn(-c3cccc(C(F)(F)F)c3)c2C)c1. The maximum Gasteiger partial charge on any atom is 0.416 e. The van der Waals surface area contributed by atoms with Crippen LogP contribution >= 0.6 is 0 Å². The average Bonchev–Trinajstić information content (AvgIpc) is 2.95. The van der Waals surface area contributed by atoms with E-state index in [0.717, 1.165) is 17.7 Å². The normalized spacial score (nSPS) is 11.4. The molecule has 0 aliphatic heterocycles. The van der Waals surface area contributed by atoms with Gasteiger partial charge in [-0.15, -0.1) is 0 Å². The van der Waals surface area contributed by atoms with Crippen LogP contribution in [-0.2, 0) is 11.0 Å². The number of benzene rings is 1. The molecule has 6 nitrogen and oxygen atoms in total. The molecular weight excluding hydrogens is 385 g/mol. The van der Waals surface area contributed by atoms with Crippen molar-refractivity contribution in [2.24, 2.45) is 0 Å². The molecule has 9 heteroatoms. The van der Waals surface area contributed by atoms with E-state index < -0.39 is 23.4 Å². The molecule has 0 saturated heterocycles. The Kier molecular flexibility index (Phi) is 5.23. The van der Waals surface area contributed by atoms with Crippen LogP contribution in [-0.4, -0.2) is 26.5 Å². The highest BCUT2D eigenvalue weighted by Crippen LogP contribution is 2.31. The number of nitrogens with zero attached hydrogens (tertiary/aromatic N) is 3. The largest absolute Gasteiger partial charge is 0.416 e. The topological polar surface area (TPSA) is 76.9 Å². The van der Waals surface area contributed by atoms with Gasteiger partial charge in [0.25, 0.3) is 11.7 Å². The van der Waals surface area contributed by atoms with E-state index in [2.05, 4.69) is 15.4 Å². The monoisotopic (exact) mass is 402 g/mol. The van der Waals surface area contributed by atoms with Crippen molar-refractivity contribution in [3.05, 3.63) is 70.7 Å². The van der Waals surface area contributed by atoms with Gasteiger partial charge in [0.2, 0.25) is 0 Å². The quantitative estimate of drug-likeness (QED) is 0.528. The minimum Gasteiger partial charge on any atom is -0.304 e. The summed E-state index contributed by atoms with van der Waals surface area (Å²) in [7, 11) is 0. The van der Waals surface area contributed by atoms with E-state index in [-0.39, 0.29) is 28.5 Å². The number of pyridine rings is 1. The number of ketones is 1. The molecule has 0 aliphatic rings. The Morgan fingerprint density at radius 3 is 2.45 bits per heavy atom. The van der Waals surface area contributed by atoms with Gasteiger partial charge in [0.1, 0.15) is 5.82 Å². The standard InChI is InChI=1S/C20H17F3N4O2/c1-11-7-8-24-16(9-11)25-19(29)18(28)17-12(2)26-27(13(17)3)15-6-4-5-14(10-15)20(21,22)23/h4-10H,1-3H3,(H,24,25,29). The van der Waals surface area contributed by atoms with Crippen LogP contribution in [0.1, 0.15) is 32.9 Å². The lowest BCUT2D eigenvalue weighted by Gasteiger charge is -2.10. The summed E-state index contributed by atoms with van der Waals surface area (Å²) in [4.78, 5) is 29.0. The number of aryl methyl sites for hydroxylation is 2. The Balaban J connectivity index is 1.93. The van der Waals surface area contributed by atoms with Crippen molar-refractivity contribution in [2.75, 3.05) is 5.32 Å². The molecule has 3 aromatic rings. The molecule has 0 spiro atoms. The zero-order valence-corrected chi connectivity index (χ0v) is 15.8. The third kappa shape index (κ3) is 4.18. The van der Waals surface area contributed by atoms with Crippen molar-refractivity contribution in [1.82, 2.24) is 14.8 Å². The van der Waals surface area contributed by atoms with Crippen molar-refractivity contribution in [2.45, 2.75) is 26.9 Å². The van der Waals surface area contributed by atoms with Gasteiger partial charge in [0.05, 0.1) is 28.2 Å². The number of aromatic nitrogens is 3. The highest BCUT2D eigenvalue weighted by atomic mass is 19.4. The Morgan fingerprint density at radius 1 is 1.07 bits per heavy atom. The predicted molar refractivity (Wildman–Crippen MR) is 100.0 cm³/mol. The number of Topliss-reactive ketones (excluding diaryl/α,β-unsaturated/α-hetero) is 1. The van der Waals surface area contributed by atoms with Gasteiger partial charge in [-0.25, -0.2) is 9.67 Å². The van der Waals surface area contributed by atoms with Gasteiger partial charge in [0.15, 0.2) is 0 Å². The average molecular weight is 402 g/mol. The van der Waals surface area contributed by atoms with Crippen LogP contribution in [0.25, 0.3) is 5.69 Å². The Morgan fingerprint density at radius 2 is 1.79 bits per heavy atom. The van der Waals surface area contributed by atoms with Crippen molar-refractivity contribution < 1.29 is 22.8 Å². The summed E-state index contributed by atoms with van der Waals surface area (Å²) in [6.45, 7) is 4.85. The number of alkyl halides is 3. The molecule has 0 aliphatic carbocycles. The third-order valence-electron chi connectivity index (χ3n) is 4.30. The Hall–Kier alpha value is -3.49. The summed E-state index contributed by atoms with van der Waals surface area (Å²) in [6.07, 6.45) is -3.01. The summed E-state index contributed by atoms with van der Waals surface area (Å²) in [5, 5.41) is 6.59. The maximum atomic E-state index is 13.0. The lowest BCUT2D eigenvalue weighted by Crippen LogP contribution is -2.24. The molecule has 0 bridgehead atoms. The van der Waals surface area contributed by atoms with E-state index in [4.69, 9.17) is 0 Å². The summed E-state index contributed by atoms with van der Waals surface area (Å²) in [6, 6.07) is 7.93. The van der Waals surface area contributed by atoms with E-state index in [1.807, 2.05) is 6.92 Å². The van der Waals surface area contributed by atoms with Gasteiger partial charge in [-0.2, -0.15) is 18.3 Å². The molecule has 2 aromatic heterocycles. The number of rotatable bonds is 4. The molecule has 2 heterocycles. The number of carbonyl (C=O) groups is 2. The van der Waals surface area contributed by atoms with Crippen LogP contribution in [0.2, 0.25) is 0 Å². The molecule has 0 unspecified atom stereocenters. The summed E-state index contributed by atoms with van der Waals surface area (Å²) < 4.78 is 40.2. The number of hydrogen-bond donors (Lipinski definition) is 1. The molecule has 0 saturated carbocycles. The number of anilines is 1. The van der Waals surface area contributed by atoms with Gasteiger partial charge in [-0.3, -0.25) is 9.59 Å². The van der Waals surface area contributed by atoms with E-state index >= 15 is 0 Å². The fraction of sp³-hybridized carbons (Fsp3) is 0.200. The fourth-order valence-electron chi connectivity index (χ4n) is 2.93. The summed E-state index contributed by atoms with van der Waals surface area (Å²) in [5.41, 5.74) is 0.690. The molecule has 1 aromatic carbocycles. The molecule has 0 radical (unpaired) electrons. The van der Waals surface area contributed by atoms with E-state index in [9.17, 15) is 22.8 Å². The number of hydrogen-bond acceptors (Lipinski definition) is 4. The molecule has 3 rings (SSSR count). The Labute approximate surface area is 164 Å². The van der Waals surface area contributed by atoms with Gasteiger partial charge >= 0.3 is 6.18 Å². The molecule has 0 fully saturated rings. The van der Waals surface area contributed by atoms with Crippen LogP contribution in [0.4, 0.5) is 19.0 Å². The van der Waals surface area contributed by atoms with E-state index in [1.165, 1.54) is 36.9 Å². The second-order valence-corrected chi connectivity index (χ2v) is 6.51. The van der Waals surface area contributed by atoms with E-state index in [1.54, 1.807) is 12.1 Å². The number of carbonyl (C=O) groups excluding carboxylic acids is 2. The number of amides is 1. The molecule has 1 N–H and O–H groups in total. The van der Waals surface area contributed by atoms with Crippen molar-refractivity contribution in [3.8, 4) is 5.69 Å². The van der Waals surface area contributed by atoms with Crippen molar-refractivity contribution >= 4 is 17.5 Å². The smallest absolute Gasteiger partial charge is 0.304 e. The second-order valence-electron chi connectivity index (χ2n) is 6.51. The van der Waals surface area contributed by atoms with Gasteiger partial charge in [-0.1, -0.05) is 6.07 Å². The zero-order chi connectivity index (χ0) is 21.3. The highest BCUT2D eigenvalue weighted by molar-refractivity contribution is 6.47. The van der Waals surface area contributed by atoms with Gasteiger partial charge in [0, 0.05) is 6.20 Å². The van der Waals surface area contributed by atoms with Crippen LogP contribution in [0.3, 0.4) is 0 Å². The minimum atomic E-state index is -4.51. The minimum absolute atomic E-state index is 0.0348. The van der Waals surface area contributed by atoms with Crippen LogP contribution in [0.5, 0.6) is 0 Å². The molecular formula is C20H17F3N4O2. The van der Waals surface area contributed by atoms with Gasteiger partial charge < -0.3 is 5.32 Å². The first kappa shape index (κ1) is 20.2. The summed E-state index contributed by atoms with van der Waals surface area (Å²) >= 11 is 0. The zero-order valence-electron chi connectivity index (χ0n) is 15.8. The fourth-order valence-corrected chi connectivity index (χ4v) is 2.93. The lowest BCUT2D eigenvalue weighted by molar-refractivity contribution is -0.137. The van der Waals surface area contributed by atoms with Crippen LogP contribution in [0, 0.1) is 20.8 Å². The number of nitrogens with one attached hydrogen (secondary N) is 1. The van der Waals surface area contributed by atoms with Crippen LogP contribution in [0.15, 0.2) is 42.6 Å². The summed E-state index contributed by atoms with van der Waals surface area (Å²) in [5.74, 6) is -1.52. The third-order valence-corrected chi connectivity index (χ3v) is 4.30. The van der Waals surface area contributed by atoms with Crippen LogP contribution < -0.4 is 5.32 Å². The maximum absolute atomic E-state index is 13.0. The first-order valence-electron chi connectivity index (χ1n) is 8.60. The first-order valence-corrected chi connectivity index (χ1v) is 8.60. The highest BCUT2D eigenvalue weighted by Gasteiger charge is 2.31. The number of halogens is 3. The first-order chi connectivity index (χ1) is 13.6. The molecule has 1 amide bonds. The lowest BCUT2D eigenvalue weighted by atomic mass is 10.1.